The molecule has 2 N–H and O–H groups in total. The van der Waals surface area contributed by atoms with E-state index in [2.05, 4.69) is 15.7 Å². The fraction of sp³-hybridized carbons (Fsp3) is 0.273. The Morgan fingerprint density at radius 1 is 1.11 bits per heavy atom. The first kappa shape index (κ1) is 20.1. The predicted molar refractivity (Wildman–Crippen MR) is 114 cm³/mol. The van der Waals surface area contributed by atoms with Crippen LogP contribution >= 0.6 is 11.6 Å². The number of aromatic nitrogens is 2. The van der Waals surface area contributed by atoms with Crippen molar-refractivity contribution < 1.29 is 4.79 Å². The zero-order chi connectivity index (χ0) is 20.3. The Bertz CT molecular complexity index is 979. The van der Waals surface area contributed by atoms with Crippen molar-refractivity contribution in [3.63, 3.8) is 0 Å². The van der Waals surface area contributed by atoms with E-state index in [0.29, 0.717) is 5.02 Å². The molecule has 6 heteroatoms. The van der Waals surface area contributed by atoms with Gasteiger partial charge in [-0.1, -0.05) is 47.5 Å². The molecule has 1 aromatic heterocycles. The molecule has 0 saturated heterocycles. The largest absolute Gasteiger partial charge is 0.322 e. The highest BCUT2D eigenvalue weighted by Gasteiger charge is 2.16. The lowest BCUT2D eigenvalue weighted by molar-refractivity contribution is -0.115. The maximum atomic E-state index is 12.5. The van der Waals surface area contributed by atoms with Crippen molar-refractivity contribution in [3.05, 3.63) is 76.1 Å². The SMILES string of the molecule is Cc1ccc(-n2nc(C)c(NC(=O)CN[C@H](C)c3ccccc3Cl)c2C)cc1. The topological polar surface area (TPSA) is 59.0 Å². The molecule has 0 fully saturated rings. The van der Waals surface area contributed by atoms with Crippen LogP contribution in [0.15, 0.2) is 48.5 Å². The summed E-state index contributed by atoms with van der Waals surface area (Å²) in [6, 6.07) is 15.7. The molecule has 0 bridgehead atoms. The molecule has 0 aliphatic rings. The quantitative estimate of drug-likeness (QED) is 0.632. The van der Waals surface area contributed by atoms with Crippen molar-refractivity contribution in [2.75, 3.05) is 11.9 Å². The van der Waals surface area contributed by atoms with E-state index in [1.165, 1.54) is 5.56 Å². The molecule has 5 nitrogen and oxygen atoms in total. The van der Waals surface area contributed by atoms with E-state index in [0.717, 1.165) is 28.3 Å². The predicted octanol–water partition coefficient (Wildman–Crippen LogP) is 4.74. The maximum Gasteiger partial charge on any atom is 0.238 e. The smallest absolute Gasteiger partial charge is 0.238 e. The minimum atomic E-state index is -0.117. The number of benzene rings is 2. The highest BCUT2D eigenvalue weighted by Crippen LogP contribution is 2.24. The third-order valence-corrected chi connectivity index (χ3v) is 5.12. The van der Waals surface area contributed by atoms with Crippen LogP contribution in [-0.4, -0.2) is 22.2 Å². The molecule has 1 heterocycles. The van der Waals surface area contributed by atoms with Crippen molar-refractivity contribution in [3.8, 4) is 5.69 Å². The highest BCUT2D eigenvalue weighted by atomic mass is 35.5. The Labute approximate surface area is 170 Å². The number of aryl methyl sites for hydroxylation is 2. The first-order valence-electron chi connectivity index (χ1n) is 9.27. The number of halogens is 1. The Kier molecular flexibility index (Phi) is 6.17. The van der Waals surface area contributed by atoms with Crippen LogP contribution in [0.25, 0.3) is 5.69 Å². The van der Waals surface area contributed by atoms with Gasteiger partial charge in [0.2, 0.25) is 5.91 Å². The number of nitrogens with one attached hydrogen (secondary N) is 2. The second kappa shape index (κ2) is 8.59. The van der Waals surface area contributed by atoms with Crippen LogP contribution in [-0.2, 0) is 4.79 Å². The third-order valence-electron chi connectivity index (χ3n) is 4.77. The summed E-state index contributed by atoms with van der Waals surface area (Å²) in [4.78, 5) is 12.5. The number of amides is 1. The Balaban J connectivity index is 1.67. The molecule has 0 spiro atoms. The average Bonchev–Trinajstić information content (AvgIpc) is 2.95. The Hall–Kier alpha value is -2.63. The molecular formula is C22H25ClN4O. The highest BCUT2D eigenvalue weighted by molar-refractivity contribution is 6.31. The fourth-order valence-corrected chi connectivity index (χ4v) is 3.43. The summed E-state index contributed by atoms with van der Waals surface area (Å²) in [6.45, 7) is 8.07. The van der Waals surface area contributed by atoms with Gasteiger partial charge in [0.1, 0.15) is 0 Å². The lowest BCUT2D eigenvalue weighted by Gasteiger charge is -2.15. The minimum absolute atomic E-state index is 0.0306. The standard InChI is InChI=1S/C22H25ClN4O/c1-14-9-11-18(12-10-14)27-17(4)22(16(3)26-27)25-21(28)13-24-15(2)19-7-5-6-8-20(19)23/h5-12,15,24H,13H2,1-4H3,(H,25,28)/t15-/m1/s1. The van der Waals surface area contributed by atoms with Gasteiger partial charge in [-0.3, -0.25) is 4.79 Å². The van der Waals surface area contributed by atoms with E-state index in [1.54, 1.807) is 0 Å². The van der Waals surface area contributed by atoms with Crippen molar-refractivity contribution in [1.29, 1.82) is 0 Å². The molecule has 0 radical (unpaired) electrons. The van der Waals surface area contributed by atoms with E-state index >= 15 is 0 Å². The van der Waals surface area contributed by atoms with E-state index < -0.39 is 0 Å². The van der Waals surface area contributed by atoms with Crippen LogP contribution in [0.3, 0.4) is 0 Å². The fourth-order valence-electron chi connectivity index (χ4n) is 3.13. The van der Waals surface area contributed by atoms with Gasteiger partial charge in [0, 0.05) is 11.1 Å². The summed E-state index contributed by atoms with van der Waals surface area (Å²) in [5, 5.41) is 11.5. The summed E-state index contributed by atoms with van der Waals surface area (Å²) < 4.78 is 1.85. The molecule has 0 aliphatic carbocycles. The summed E-state index contributed by atoms with van der Waals surface area (Å²) in [5.74, 6) is -0.117. The number of hydrogen-bond acceptors (Lipinski definition) is 3. The van der Waals surface area contributed by atoms with Crippen LogP contribution in [0, 0.1) is 20.8 Å². The lowest BCUT2D eigenvalue weighted by Crippen LogP contribution is -2.30. The average molecular weight is 397 g/mol. The number of anilines is 1. The third kappa shape index (κ3) is 4.43. The van der Waals surface area contributed by atoms with Gasteiger partial charge in [-0.15, -0.1) is 0 Å². The van der Waals surface area contributed by atoms with Gasteiger partial charge < -0.3 is 10.6 Å². The van der Waals surface area contributed by atoms with Crippen LogP contribution in [0.2, 0.25) is 5.02 Å². The van der Waals surface area contributed by atoms with Gasteiger partial charge >= 0.3 is 0 Å². The lowest BCUT2D eigenvalue weighted by atomic mass is 10.1. The normalized spacial score (nSPS) is 12.0. The summed E-state index contributed by atoms with van der Waals surface area (Å²) in [7, 11) is 0. The second-order valence-corrected chi connectivity index (χ2v) is 7.37. The van der Waals surface area contributed by atoms with Crippen LogP contribution in [0.4, 0.5) is 5.69 Å². The summed E-state index contributed by atoms with van der Waals surface area (Å²) in [5.41, 5.74) is 5.56. The van der Waals surface area contributed by atoms with Gasteiger partial charge in [0.05, 0.1) is 29.3 Å². The minimum Gasteiger partial charge on any atom is -0.322 e. The number of hydrogen-bond donors (Lipinski definition) is 2. The number of nitrogens with zero attached hydrogens (tertiary/aromatic N) is 2. The molecule has 3 rings (SSSR count). The summed E-state index contributed by atoms with van der Waals surface area (Å²) in [6.07, 6.45) is 0. The van der Waals surface area contributed by atoms with E-state index in [4.69, 9.17) is 11.6 Å². The molecule has 0 aliphatic heterocycles. The molecule has 0 unspecified atom stereocenters. The Morgan fingerprint density at radius 2 is 1.79 bits per heavy atom. The van der Waals surface area contributed by atoms with Crippen molar-refractivity contribution in [2.45, 2.75) is 33.7 Å². The van der Waals surface area contributed by atoms with E-state index in [1.807, 2.05) is 80.9 Å². The van der Waals surface area contributed by atoms with E-state index in [-0.39, 0.29) is 18.5 Å². The Morgan fingerprint density at radius 3 is 2.46 bits per heavy atom. The maximum absolute atomic E-state index is 12.5. The van der Waals surface area contributed by atoms with E-state index in [9.17, 15) is 4.79 Å². The van der Waals surface area contributed by atoms with Gasteiger partial charge in [-0.25, -0.2) is 4.68 Å². The molecule has 28 heavy (non-hydrogen) atoms. The first-order chi connectivity index (χ1) is 13.4. The molecule has 2 aromatic carbocycles. The monoisotopic (exact) mass is 396 g/mol. The molecular weight excluding hydrogens is 372 g/mol. The van der Waals surface area contributed by atoms with Crippen LogP contribution < -0.4 is 10.6 Å². The number of rotatable bonds is 6. The van der Waals surface area contributed by atoms with Gasteiger partial charge in [0.25, 0.3) is 0 Å². The van der Waals surface area contributed by atoms with Crippen molar-refractivity contribution >= 4 is 23.2 Å². The summed E-state index contributed by atoms with van der Waals surface area (Å²) >= 11 is 6.22. The molecule has 1 atom stereocenters. The van der Waals surface area contributed by atoms with Crippen molar-refractivity contribution in [2.24, 2.45) is 0 Å². The van der Waals surface area contributed by atoms with Gasteiger partial charge in [-0.2, -0.15) is 5.10 Å². The second-order valence-electron chi connectivity index (χ2n) is 6.97. The van der Waals surface area contributed by atoms with Crippen LogP contribution in [0.5, 0.6) is 0 Å². The number of carbonyl (C=O) groups is 1. The van der Waals surface area contributed by atoms with Crippen LogP contribution in [0.1, 0.15) is 35.5 Å². The van der Waals surface area contributed by atoms with Gasteiger partial charge in [0.15, 0.2) is 0 Å². The van der Waals surface area contributed by atoms with Crippen molar-refractivity contribution in [1.82, 2.24) is 15.1 Å². The zero-order valence-electron chi connectivity index (χ0n) is 16.6. The first-order valence-corrected chi connectivity index (χ1v) is 9.65. The van der Waals surface area contributed by atoms with Gasteiger partial charge in [-0.05, 0) is 51.5 Å². The molecule has 0 saturated carbocycles. The zero-order valence-corrected chi connectivity index (χ0v) is 17.3. The molecule has 146 valence electrons. The molecule has 3 aromatic rings. The molecule has 1 amide bonds. The number of carbonyl (C=O) groups excluding carboxylic acids is 1.